The highest BCUT2D eigenvalue weighted by molar-refractivity contribution is 7.99. The summed E-state index contributed by atoms with van der Waals surface area (Å²) < 4.78 is 26.3. The molecular formula is C28H25N5O6S. The first-order chi connectivity index (χ1) is 19.2. The molecule has 0 aliphatic carbocycles. The minimum Gasteiger partial charge on any atom is -0.465 e. The van der Waals surface area contributed by atoms with E-state index in [1.54, 1.807) is 24.3 Å². The fourth-order valence-corrected chi connectivity index (χ4v) is 5.67. The Balaban J connectivity index is 1.42. The van der Waals surface area contributed by atoms with Gasteiger partial charge in [-0.15, -0.1) is 0 Å². The van der Waals surface area contributed by atoms with E-state index in [-0.39, 0.29) is 17.7 Å². The molecule has 1 aliphatic heterocycles. The zero-order chi connectivity index (χ0) is 28.3. The van der Waals surface area contributed by atoms with E-state index in [4.69, 9.17) is 0 Å². The van der Waals surface area contributed by atoms with Gasteiger partial charge in [-0.1, -0.05) is 66.7 Å². The van der Waals surface area contributed by atoms with Gasteiger partial charge in [-0.2, -0.15) is 0 Å². The molecule has 1 aromatic heterocycles. The van der Waals surface area contributed by atoms with Crippen molar-refractivity contribution >= 4 is 43.9 Å². The van der Waals surface area contributed by atoms with Gasteiger partial charge in [0, 0.05) is 12.5 Å². The molecule has 3 amide bonds. The van der Waals surface area contributed by atoms with Crippen LogP contribution in [0.25, 0.3) is 15.9 Å². The molecule has 3 aromatic carbocycles. The zero-order valence-electron chi connectivity index (χ0n) is 21.0. The van der Waals surface area contributed by atoms with Crippen LogP contribution in [0, 0.1) is 0 Å². The summed E-state index contributed by atoms with van der Waals surface area (Å²) in [6.45, 7) is 0. The highest BCUT2D eigenvalue weighted by atomic mass is 32.2. The van der Waals surface area contributed by atoms with E-state index in [1.165, 1.54) is 0 Å². The minimum atomic E-state index is -3.91. The SMILES string of the molecule is O=C(O)N[C@@H](Cc1ccccc1)C(=O)NC(Cc1ccc(C2=CC(=O)NS2(=O)=O)cc1)c1nc2ccccc2[nH]1. The first kappa shape index (κ1) is 26.6. The van der Waals surface area contributed by atoms with Gasteiger partial charge in [0.2, 0.25) is 5.91 Å². The van der Waals surface area contributed by atoms with Gasteiger partial charge >= 0.3 is 6.09 Å². The van der Waals surface area contributed by atoms with Crippen LogP contribution < -0.4 is 15.4 Å². The second kappa shape index (κ2) is 11.0. The number of nitrogens with zero attached hydrogens (tertiary/aromatic N) is 1. The summed E-state index contributed by atoms with van der Waals surface area (Å²) in [4.78, 5) is 44.2. The molecule has 1 unspecified atom stereocenters. The molecule has 12 heteroatoms. The lowest BCUT2D eigenvalue weighted by Crippen LogP contribution is -2.48. The fourth-order valence-electron chi connectivity index (χ4n) is 4.53. The smallest absolute Gasteiger partial charge is 0.405 e. The fraction of sp³-hybridized carbons (Fsp3) is 0.143. The van der Waals surface area contributed by atoms with Crippen LogP contribution >= 0.6 is 0 Å². The number of carbonyl (C=O) groups is 3. The van der Waals surface area contributed by atoms with Gasteiger partial charge < -0.3 is 20.7 Å². The maximum Gasteiger partial charge on any atom is 0.405 e. The number of carboxylic acid groups (broad SMARTS) is 1. The number of fused-ring (bicyclic) bond motifs is 1. The van der Waals surface area contributed by atoms with Crippen LogP contribution in [0.2, 0.25) is 0 Å². The van der Waals surface area contributed by atoms with Crippen molar-refractivity contribution in [2.45, 2.75) is 24.9 Å². The van der Waals surface area contributed by atoms with Crippen molar-refractivity contribution in [2.75, 3.05) is 0 Å². The number of H-pyrrole nitrogens is 1. The first-order valence-corrected chi connectivity index (χ1v) is 13.8. The number of hydrogen-bond donors (Lipinski definition) is 5. The van der Waals surface area contributed by atoms with Crippen molar-refractivity contribution in [3.63, 3.8) is 0 Å². The molecule has 0 saturated carbocycles. The second-order valence-corrected chi connectivity index (χ2v) is 10.9. The van der Waals surface area contributed by atoms with Crippen molar-refractivity contribution in [3.8, 4) is 0 Å². The third kappa shape index (κ3) is 6.02. The number of rotatable bonds is 9. The standard InChI is InChI=1S/C28H25N5O6S/c34-25-16-24(40(38,39)33-25)19-12-10-18(11-13-19)14-22(26-29-20-8-4-5-9-21(20)30-26)31-27(35)23(32-28(36)37)15-17-6-2-1-3-7-17/h1-13,16,22-23,32H,14-15H2,(H,29,30)(H,31,35)(H,33,34)(H,36,37)/t22?,23-/m0/s1. The summed E-state index contributed by atoms with van der Waals surface area (Å²) in [6, 6.07) is 21.3. The molecule has 4 aromatic rings. The summed E-state index contributed by atoms with van der Waals surface area (Å²) >= 11 is 0. The molecule has 0 saturated heterocycles. The van der Waals surface area contributed by atoms with Gasteiger partial charge in [0.05, 0.1) is 17.1 Å². The predicted octanol–water partition coefficient (Wildman–Crippen LogP) is 2.64. The normalized spacial score (nSPS) is 15.6. The predicted molar refractivity (Wildman–Crippen MR) is 147 cm³/mol. The van der Waals surface area contributed by atoms with Gasteiger partial charge in [0.15, 0.2) is 0 Å². The summed E-state index contributed by atoms with van der Waals surface area (Å²) in [5, 5.41) is 14.6. The Morgan fingerprint density at radius 1 is 0.875 bits per heavy atom. The largest absolute Gasteiger partial charge is 0.465 e. The highest BCUT2D eigenvalue weighted by Crippen LogP contribution is 2.26. The number of aromatic nitrogens is 2. The number of aromatic amines is 1. The molecule has 40 heavy (non-hydrogen) atoms. The Hall–Kier alpha value is -4.97. The van der Waals surface area contributed by atoms with Crippen LogP contribution in [0.15, 0.2) is 84.9 Å². The summed E-state index contributed by atoms with van der Waals surface area (Å²) in [7, 11) is -3.91. The maximum atomic E-state index is 13.4. The molecule has 5 N–H and O–H groups in total. The van der Waals surface area contributed by atoms with E-state index in [0.717, 1.165) is 22.7 Å². The molecule has 1 aliphatic rings. The van der Waals surface area contributed by atoms with E-state index in [9.17, 15) is 27.9 Å². The lowest BCUT2D eigenvalue weighted by atomic mass is 10.0. The Morgan fingerprint density at radius 3 is 2.20 bits per heavy atom. The van der Waals surface area contributed by atoms with Crippen LogP contribution in [0.4, 0.5) is 4.79 Å². The second-order valence-electron chi connectivity index (χ2n) is 9.27. The number of amides is 3. The van der Waals surface area contributed by atoms with Gasteiger partial charge in [-0.3, -0.25) is 9.59 Å². The minimum absolute atomic E-state index is 0.116. The van der Waals surface area contributed by atoms with Gasteiger partial charge in [0.1, 0.15) is 16.8 Å². The first-order valence-electron chi connectivity index (χ1n) is 12.3. The van der Waals surface area contributed by atoms with Crippen LogP contribution in [-0.4, -0.2) is 47.4 Å². The van der Waals surface area contributed by atoms with Crippen molar-refractivity contribution in [1.82, 2.24) is 25.3 Å². The van der Waals surface area contributed by atoms with E-state index in [2.05, 4.69) is 20.6 Å². The van der Waals surface area contributed by atoms with E-state index < -0.39 is 40.0 Å². The Kier molecular flexibility index (Phi) is 7.34. The molecule has 5 rings (SSSR count). The van der Waals surface area contributed by atoms with Crippen molar-refractivity contribution in [3.05, 3.63) is 107 Å². The number of hydrogen-bond acceptors (Lipinski definition) is 6. The molecular weight excluding hydrogens is 534 g/mol. The number of sulfonamides is 1. The number of nitrogens with one attached hydrogen (secondary N) is 4. The maximum absolute atomic E-state index is 13.4. The number of para-hydroxylation sites is 2. The molecule has 2 atom stereocenters. The Morgan fingerprint density at radius 2 is 1.55 bits per heavy atom. The number of benzene rings is 3. The average Bonchev–Trinajstić information content (AvgIpc) is 3.48. The molecule has 0 spiro atoms. The van der Waals surface area contributed by atoms with Gasteiger partial charge in [0.25, 0.3) is 15.9 Å². The van der Waals surface area contributed by atoms with E-state index in [0.29, 0.717) is 16.9 Å². The van der Waals surface area contributed by atoms with E-state index in [1.807, 2.05) is 59.3 Å². The van der Waals surface area contributed by atoms with Crippen LogP contribution in [0.5, 0.6) is 0 Å². The Bertz CT molecular complexity index is 1680. The molecule has 0 radical (unpaired) electrons. The molecule has 11 nitrogen and oxygen atoms in total. The average molecular weight is 560 g/mol. The topological polar surface area (TPSA) is 170 Å². The monoisotopic (exact) mass is 559 g/mol. The molecule has 0 fully saturated rings. The molecule has 0 bridgehead atoms. The number of imidazole rings is 1. The van der Waals surface area contributed by atoms with Crippen LogP contribution in [-0.2, 0) is 32.5 Å². The van der Waals surface area contributed by atoms with Gasteiger partial charge in [-0.25, -0.2) is 22.9 Å². The lowest BCUT2D eigenvalue weighted by molar-refractivity contribution is -0.123. The Labute approximate surface area is 229 Å². The summed E-state index contributed by atoms with van der Waals surface area (Å²) in [5.41, 5.74) is 3.35. The quantitative estimate of drug-likeness (QED) is 0.210. The van der Waals surface area contributed by atoms with Crippen LogP contribution in [0.3, 0.4) is 0 Å². The number of carbonyl (C=O) groups excluding carboxylic acids is 2. The molecule has 2 heterocycles. The third-order valence-electron chi connectivity index (χ3n) is 6.42. The zero-order valence-corrected chi connectivity index (χ0v) is 21.8. The highest BCUT2D eigenvalue weighted by Gasteiger charge is 2.29. The molecule has 204 valence electrons. The van der Waals surface area contributed by atoms with Crippen molar-refractivity contribution in [2.24, 2.45) is 0 Å². The van der Waals surface area contributed by atoms with Crippen molar-refractivity contribution in [1.29, 1.82) is 0 Å². The lowest BCUT2D eigenvalue weighted by Gasteiger charge is -2.22. The van der Waals surface area contributed by atoms with E-state index >= 15 is 0 Å². The summed E-state index contributed by atoms with van der Waals surface area (Å²) in [6.07, 6.45) is 0.122. The third-order valence-corrected chi connectivity index (χ3v) is 7.82. The van der Waals surface area contributed by atoms with Crippen LogP contribution in [0.1, 0.15) is 28.6 Å². The summed E-state index contributed by atoms with van der Waals surface area (Å²) in [5.74, 6) is -0.754. The van der Waals surface area contributed by atoms with Crippen molar-refractivity contribution < 1.29 is 27.9 Å². The van der Waals surface area contributed by atoms with Gasteiger partial charge in [-0.05, 0) is 35.2 Å².